The number of benzene rings is 1. The maximum absolute atomic E-state index is 12.9. The van der Waals surface area contributed by atoms with Crippen molar-refractivity contribution >= 4 is 28.5 Å². The van der Waals surface area contributed by atoms with Crippen LogP contribution in [0.15, 0.2) is 35.3 Å². The van der Waals surface area contributed by atoms with E-state index in [9.17, 15) is 9.59 Å². The lowest BCUT2D eigenvalue weighted by Gasteiger charge is -2.22. The quantitative estimate of drug-likeness (QED) is 0.739. The van der Waals surface area contributed by atoms with Gasteiger partial charge in [0.05, 0.1) is 22.1 Å². The van der Waals surface area contributed by atoms with Crippen molar-refractivity contribution in [3.63, 3.8) is 0 Å². The summed E-state index contributed by atoms with van der Waals surface area (Å²) in [4.78, 5) is 37.1. The number of aryl methyl sites for hydroxylation is 1. The molecule has 1 aliphatic rings. The first-order chi connectivity index (χ1) is 12.0. The van der Waals surface area contributed by atoms with Crippen LogP contribution in [0.25, 0.3) is 11.0 Å². The number of H-pyrrole nitrogens is 2. The molecule has 128 valence electrons. The molecule has 0 spiro atoms. The third-order valence-electron chi connectivity index (χ3n) is 4.66. The van der Waals surface area contributed by atoms with Gasteiger partial charge in [-0.2, -0.15) is 0 Å². The summed E-state index contributed by atoms with van der Waals surface area (Å²) in [6, 6.07) is 7.21. The van der Waals surface area contributed by atoms with Crippen molar-refractivity contribution in [2.24, 2.45) is 0 Å². The molecule has 1 aromatic carbocycles. The van der Waals surface area contributed by atoms with Gasteiger partial charge >= 0.3 is 0 Å². The number of carbonyl (C=O) groups is 1. The molecule has 1 fully saturated rings. The molecule has 3 heterocycles. The van der Waals surface area contributed by atoms with Crippen LogP contribution in [0, 0.1) is 6.92 Å². The number of pyridine rings is 1. The summed E-state index contributed by atoms with van der Waals surface area (Å²) < 4.78 is 0. The number of hydrogen-bond acceptors (Lipinski definition) is 3. The fourth-order valence-electron chi connectivity index (χ4n) is 3.42. The topological polar surface area (TPSA) is 81.9 Å². The van der Waals surface area contributed by atoms with Crippen molar-refractivity contribution in [3.8, 4) is 0 Å². The summed E-state index contributed by atoms with van der Waals surface area (Å²) in [5.74, 6) is 0.442. The second-order valence-electron chi connectivity index (χ2n) is 6.31. The molecule has 0 unspecified atom stereocenters. The van der Waals surface area contributed by atoms with Gasteiger partial charge in [-0.3, -0.25) is 9.59 Å². The van der Waals surface area contributed by atoms with Crippen LogP contribution in [0.2, 0.25) is 5.02 Å². The Morgan fingerprint density at radius 2 is 2.24 bits per heavy atom. The number of imidazole rings is 1. The molecule has 1 aliphatic heterocycles. The molecule has 1 saturated heterocycles. The number of hydrogen-bond donors (Lipinski definition) is 2. The van der Waals surface area contributed by atoms with Crippen LogP contribution in [-0.2, 0) is 0 Å². The number of rotatable bonds is 2. The highest BCUT2D eigenvalue weighted by Crippen LogP contribution is 2.32. The molecule has 6 nitrogen and oxygen atoms in total. The molecular weight excluding hydrogens is 340 g/mol. The Kier molecular flexibility index (Phi) is 3.84. The van der Waals surface area contributed by atoms with Crippen molar-refractivity contribution in [2.75, 3.05) is 6.54 Å². The highest BCUT2D eigenvalue weighted by atomic mass is 35.5. The molecule has 1 amide bonds. The van der Waals surface area contributed by atoms with E-state index in [-0.39, 0.29) is 17.5 Å². The second kappa shape index (κ2) is 6.04. The van der Waals surface area contributed by atoms with E-state index in [1.807, 2.05) is 25.1 Å². The zero-order chi connectivity index (χ0) is 17.6. The number of halogens is 1. The van der Waals surface area contributed by atoms with Gasteiger partial charge in [0.1, 0.15) is 11.4 Å². The van der Waals surface area contributed by atoms with Crippen LogP contribution in [0.3, 0.4) is 0 Å². The number of aromatic amines is 2. The number of nitrogens with zero attached hydrogens (tertiary/aromatic N) is 2. The fourth-order valence-corrected chi connectivity index (χ4v) is 3.58. The van der Waals surface area contributed by atoms with Gasteiger partial charge in [-0.1, -0.05) is 23.7 Å². The van der Waals surface area contributed by atoms with E-state index in [1.165, 1.54) is 12.3 Å². The minimum absolute atomic E-state index is 0.0618. The molecule has 0 bridgehead atoms. The number of aromatic nitrogens is 3. The van der Waals surface area contributed by atoms with Gasteiger partial charge in [-0.25, -0.2) is 4.98 Å². The molecule has 4 rings (SSSR count). The Hall–Kier alpha value is -2.60. The molecule has 25 heavy (non-hydrogen) atoms. The normalized spacial score (nSPS) is 17.4. The van der Waals surface area contributed by atoms with E-state index in [4.69, 9.17) is 16.6 Å². The second-order valence-corrected chi connectivity index (χ2v) is 6.75. The lowest BCUT2D eigenvalue weighted by atomic mass is 10.2. The lowest BCUT2D eigenvalue weighted by Crippen LogP contribution is -2.34. The van der Waals surface area contributed by atoms with Crippen LogP contribution < -0.4 is 5.56 Å². The first-order valence-corrected chi connectivity index (χ1v) is 8.57. The average molecular weight is 357 g/mol. The summed E-state index contributed by atoms with van der Waals surface area (Å²) in [6.07, 6.45) is 3.05. The number of fused-ring (bicyclic) bond motifs is 1. The van der Waals surface area contributed by atoms with E-state index in [0.29, 0.717) is 11.6 Å². The molecule has 0 radical (unpaired) electrons. The van der Waals surface area contributed by atoms with Crippen LogP contribution in [0.1, 0.15) is 40.6 Å². The van der Waals surface area contributed by atoms with Crippen LogP contribution in [-0.4, -0.2) is 32.3 Å². The largest absolute Gasteiger partial charge is 0.340 e. The highest BCUT2D eigenvalue weighted by Gasteiger charge is 2.33. The van der Waals surface area contributed by atoms with E-state index in [2.05, 4.69) is 9.97 Å². The van der Waals surface area contributed by atoms with Crippen molar-refractivity contribution < 1.29 is 4.79 Å². The van der Waals surface area contributed by atoms with E-state index >= 15 is 0 Å². The number of amides is 1. The Labute approximate surface area is 148 Å². The average Bonchev–Trinajstić information content (AvgIpc) is 3.23. The summed E-state index contributed by atoms with van der Waals surface area (Å²) in [5, 5.41) is 0.332. The predicted octanol–water partition coefficient (Wildman–Crippen LogP) is 3.19. The Balaban J connectivity index is 1.72. The highest BCUT2D eigenvalue weighted by molar-refractivity contribution is 6.30. The Morgan fingerprint density at radius 1 is 1.40 bits per heavy atom. The van der Waals surface area contributed by atoms with Gasteiger partial charge in [0, 0.05) is 12.7 Å². The summed E-state index contributed by atoms with van der Waals surface area (Å²) >= 11 is 5.93. The molecule has 2 N–H and O–H groups in total. The monoisotopic (exact) mass is 356 g/mol. The lowest BCUT2D eigenvalue weighted by molar-refractivity contribution is 0.0728. The zero-order valence-corrected chi connectivity index (χ0v) is 14.4. The molecule has 0 saturated carbocycles. The number of carbonyl (C=O) groups excluding carboxylic acids is 1. The molecule has 0 aliphatic carbocycles. The minimum atomic E-state index is -0.430. The standard InChI is InChI=1S/C18H17ClN4O2/c1-10-4-2-5-13-15(10)22-16(21-13)14-6-3-7-23(14)18(25)12-8-11(19)9-20-17(12)24/h2,4-5,8-9,14H,3,6-7H2,1H3,(H,20,24)(H,21,22)/t14-/m0/s1. The maximum atomic E-state index is 12.9. The van der Waals surface area contributed by atoms with Crippen LogP contribution in [0.4, 0.5) is 0 Å². The molecular formula is C18H17ClN4O2. The van der Waals surface area contributed by atoms with Gasteiger partial charge < -0.3 is 14.9 Å². The first kappa shape index (κ1) is 15.9. The SMILES string of the molecule is Cc1cccc2[nH]c([C@@H]3CCCN3C(=O)c3cc(Cl)c[nH]c3=O)nc12. The number of para-hydroxylation sites is 1. The van der Waals surface area contributed by atoms with E-state index < -0.39 is 5.56 Å². The zero-order valence-electron chi connectivity index (χ0n) is 13.7. The minimum Gasteiger partial charge on any atom is -0.340 e. The van der Waals surface area contributed by atoms with Crippen molar-refractivity contribution in [1.82, 2.24) is 19.9 Å². The number of nitrogens with one attached hydrogen (secondary N) is 2. The van der Waals surface area contributed by atoms with Crippen LogP contribution in [0.5, 0.6) is 0 Å². The molecule has 3 aromatic rings. The van der Waals surface area contributed by atoms with Crippen molar-refractivity contribution in [3.05, 3.63) is 62.8 Å². The van der Waals surface area contributed by atoms with Crippen molar-refractivity contribution in [1.29, 1.82) is 0 Å². The predicted molar refractivity (Wildman–Crippen MR) is 95.9 cm³/mol. The summed E-state index contributed by atoms with van der Waals surface area (Å²) in [7, 11) is 0. The Morgan fingerprint density at radius 3 is 3.04 bits per heavy atom. The third-order valence-corrected chi connectivity index (χ3v) is 4.88. The van der Waals surface area contributed by atoms with Gasteiger partial charge in [-0.15, -0.1) is 0 Å². The molecule has 2 aromatic heterocycles. The van der Waals surface area contributed by atoms with Crippen molar-refractivity contribution in [2.45, 2.75) is 25.8 Å². The third kappa shape index (κ3) is 2.72. The summed E-state index contributed by atoms with van der Waals surface area (Å²) in [5.41, 5.74) is 2.58. The maximum Gasteiger partial charge on any atom is 0.260 e. The van der Waals surface area contributed by atoms with E-state index in [1.54, 1.807) is 4.90 Å². The smallest absolute Gasteiger partial charge is 0.260 e. The van der Waals surface area contributed by atoms with Gasteiger partial charge in [0.25, 0.3) is 11.5 Å². The number of likely N-dealkylation sites (tertiary alicyclic amines) is 1. The van der Waals surface area contributed by atoms with Gasteiger partial charge in [0.15, 0.2) is 0 Å². The van der Waals surface area contributed by atoms with Gasteiger partial charge in [0.2, 0.25) is 0 Å². The van der Waals surface area contributed by atoms with Crippen LogP contribution >= 0.6 is 11.6 Å². The van der Waals surface area contributed by atoms with E-state index in [0.717, 1.165) is 35.3 Å². The van der Waals surface area contributed by atoms with Gasteiger partial charge in [-0.05, 0) is 37.5 Å². The molecule has 1 atom stereocenters. The summed E-state index contributed by atoms with van der Waals surface area (Å²) in [6.45, 7) is 2.60. The Bertz CT molecular complexity index is 1020. The first-order valence-electron chi connectivity index (χ1n) is 8.19. The molecule has 7 heteroatoms. The fraction of sp³-hybridized carbons (Fsp3) is 0.278.